The van der Waals surface area contributed by atoms with Gasteiger partial charge < -0.3 is 9.52 Å². The lowest BCUT2D eigenvalue weighted by Gasteiger charge is -2.11. The smallest absolute Gasteiger partial charge is 0.433 e. The molecule has 2 heterocycles. The van der Waals surface area contributed by atoms with Gasteiger partial charge in [-0.05, 0) is 47.7 Å². The van der Waals surface area contributed by atoms with Crippen LogP contribution < -0.4 is 0 Å². The molecule has 0 unspecified atom stereocenters. The Morgan fingerprint density at radius 2 is 1.70 bits per heavy atom. The monoisotopic (exact) mass is 371 g/mol. The van der Waals surface area contributed by atoms with Crippen molar-refractivity contribution in [1.29, 1.82) is 0 Å². The molecular weight excluding hydrogens is 359 g/mol. The number of carboxylic acid groups (broad SMARTS) is 1. The third kappa shape index (κ3) is 2.81. The summed E-state index contributed by atoms with van der Waals surface area (Å²) in [7, 11) is 0. The van der Waals surface area contributed by atoms with Crippen molar-refractivity contribution < 1.29 is 27.5 Å². The summed E-state index contributed by atoms with van der Waals surface area (Å²) in [6.07, 6.45) is -3.44. The summed E-state index contributed by atoms with van der Waals surface area (Å²) >= 11 is 0. The molecule has 4 aromatic rings. The largest absolute Gasteiger partial charge is 0.478 e. The SMILES string of the molecule is Cc1oc2ccc(-c3ccc4ccnc(C(F)(F)F)c4c3)cc2c1C(=O)O. The maximum absolute atomic E-state index is 13.3. The molecule has 0 saturated carbocycles. The van der Waals surface area contributed by atoms with Crippen molar-refractivity contribution in [2.24, 2.45) is 0 Å². The van der Waals surface area contributed by atoms with Crippen molar-refractivity contribution in [3.8, 4) is 11.1 Å². The number of aromatic carboxylic acids is 1. The summed E-state index contributed by atoms with van der Waals surface area (Å²) in [5.41, 5.74) is 0.619. The lowest BCUT2D eigenvalue weighted by molar-refractivity contribution is -0.139. The highest BCUT2D eigenvalue weighted by molar-refractivity contribution is 6.05. The number of carbonyl (C=O) groups is 1. The maximum Gasteiger partial charge on any atom is 0.433 e. The average molecular weight is 371 g/mol. The van der Waals surface area contributed by atoms with E-state index in [0.717, 1.165) is 6.20 Å². The van der Waals surface area contributed by atoms with Crippen LogP contribution >= 0.6 is 0 Å². The molecule has 0 fully saturated rings. The number of rotatable bonds is 2. The molecule has 0 spiro atoms. The van der Waals surface area contributed by atoms with Gasteiger partial charge in [0.2, 0.25) is 0 Å². The highest BCUT2D eigenvalue weighted by Crippen LogP contribution is 2.36. The molecule has 0 aliphatic carbocycles. The molecule has 1 N–H and O–H groups in total. The molecule has 0 aliphatic rings. The molecular formula is C20H12F3NO3. The number of aryl methyl sites for hydroxylation is 1. The van der Waals surface area contributed by atoms with Crippen LogP contribution in [0.15, 0.2) is 53.1 Å². The van der Waals surface area contributed by atoms with Crippen molar-refractivity contribution in [3.05, 3.63) is 65.7 Å². The highest BCUT2D eigenvalue weighted by atomic mass is 19.4. The minimum atomic E-state index is -4.57. The van der Waals surface area contributed by atoms with Crippen molar-refractivity contribution >= 4 is 27.7 Å². The number of hydrogen-bond donors (Lipinski definition) is 1. The maximum atomic E-state index is 13.3. The van der Waals surface area contributed by atoms with E-state index in [0.29, 0.717) is 27.5 Å². The second-order valence-electron chi connectivity index (χ2n) is 6.14. The van der Waals surface area contributed by atoms with E-state index < -0.39 is 17.8 Å². The first kappa shape index (κ1) is 17.1. The summed E-state index contributed by atoms with van der Waals surface area (Å²) in [5.74, 6) is -0.845. The second-order valence-corrected chi connectivity index (χ2v) is 6.14. The van der Waals surface area contributed by atoms with Crippen LogP contribution in [0.2, 0.25) is 0 Å². The Balaban J connectivity index is 1.94. The minimum Gasteiger partial charge on any atom is -0.478 e. The summed E-state index contributed by atoms with van der Waals surface area (Å²) in [4.78, 5) is 15.0. The number of pyridine rings is 1. The Morgan fingerprint density at radius 3 is 2.37 bits per heavy atom. The van der Waals surface area contributed by atoms with E-state index in [-0.39, 0.29) is 16.7 Å². The number of nitrogens with zero attached hydrogens (tertiary/aromatic N) is 1. The summed E-state index contributed by atoms with van der Waals surface area (Å²) in [5, 5.41) is 10.2. The van der Waals surface area contributed by atoms with Crippen molar-refractivity contribution in [2.75, 3.05) is 0 Å². The van der Waals surface area contributed by atoms with Crippen LogP contribution in [-0.2, 0) is 6.18 Å². The molecule has 0 aliphatic heterocycles. The van der Waals surface area contributed by atoms with Crippen LogP contribution in [0.1, 0.15) is 21.8 Å². The summed E-state index contributed by atoms with van der Waals surface area (Å²) < 4.78 is 45.2. The van der Waals surface area contributed by atoms with Gasteiger partial charge in [-0.3, -0.25) is 4.98 Å². The third-order valence-electron chi connectivity index (χ3n) is 4.45. The van der Waals surface area contributed by atoms with Gasteiger partial charge in [-0.25, -0.2) is 4.79 Å². The Kier molecular flexibility index (Phi) is 3.69. The van der Waals surface area contributed by atoms with Crippen LogP contribution in [-0.4, -0.2) is 16.1 Å². The van der Waals surface area contributed by atoms with Crippen LogP contribution in [0.4, 0.5) is 13.2 Å². The molecule has 0 atom stereocenters. The molecule has 0 amide bonds. The summed E-state index contributed by atoms with van der Waals surface area (Å²) in [6, 6.07) is 11.1. The van der Waals surface area contributed by atoms with E-state index in [1.165, 1.54) is 12.1 Å². The summed E-state index contributed by atoms with van der Waals surface area (Å²) in [6.45, 7) is 1.56. The highest BCUT2D eigenvalue weighted by Gasteiger charge is 2.34. The van der Waals surface area contributed by atoms with Gasteiger partial charge in [-0.2, -0.15) is 13.2 Å². The number of carboxylic acids is 1. The quantitative estimate of drug-likeness (QED) is 0.493. The molecule has 2 aromatic carbocycles. The number of alkyl halides is 3. The lowest BCUT2D eigenvalue weighted by Crippen LogP contribution is -2.08. The first-order valence-corrected chi connectivity index (χ1v) is 7.98. The number of halogens is 3. The first-order chi connectivity index (χ1) is 12.8. The fraction of sp³-hybridized carbons (Fsp3) is 0.100. The van der Waals surface area contributed by atoms with Crippen LogP contribution in [0, 0.1) is 6.92 Å². The van der Waals surface area contributed by atoms with Crippen molar-refractivity contribution in [2.45, 2.75) is 13.1 Å². The zero-order valence-electron chi connectivity index (χ0n) is 14.0. The van der Waals surface area contributed by atoms with Gasteiger partial charge in [-0.15, -0.1) is 0 Å². The number of fused-ring (bicyclic) bond motifs is 2. The Labute approximate surface area is 150 Å². The van der Waals surface area contributed by atoms with Crippen molar-refractivity contribution in [3.63, 3.8) is 0 Å². The second kappa shape index (κ2) is 5.84. The first-order valence-electron chi connectivity index (χ1n) is 7.98. The standard InChI is InChI=1S/C20H12F3NO3/c1-10-17(19(25)26)15-9-13(4-5-16(15)27-10)12-3-2-11-6-7-24-18(14(11)8-12)20(21,22)23/h2-9H,1H3,(H,25,26). The predicted molar refractivity (Wildman–Crippen MR) is 93.6 cm³/mol. The Hall–Kier alpha value is -3.35. The van der Waals surface area contributed by atoms with Gasteiger partial charge in [-0.1, -0.05) is 18.2 Å². The zero-order chi connectivity index (χ0) is 19.3. The molecule has 136 valence electrons. The minimum absolute atomic E-state index is 0.00979. The number of aromatic nitrogens is 1. The van der Waals surface area contributed by atoms with E-state index in [1.54, 1.807) is 37.3 Å². The lowest BCUT2D eigenvalue weighted by atomic mass is 9.98. The van der Waals surface area contributed by atoms with E-state index in [1.807, 2.05) is 0 Å². The fourth-order valence-electron chi connectivity index (χ4n) is 3.24. The number of hydrogen-bond acceptors (Lipinski definition) is 3. The molecule has 0 bridgehead atoms. The predicted octanol–water partition coefficient (Wildman–Crippen LogP) is 5.67. The Morgan fingerprint density at radius 1 is 1.04 bits per heavy atom. The fourth-order valence-corrected chi connectivity index (χ4v) is 3.24. The van der Waals surface area contributed by atoms with Crippen LogP contribution in [0.25, 0.3) is 32.9 Å². The molecule has 4 rings (SSSR count). The van der Waals surface area contributed by atoms with Gasteiger partial charge in [0.15, 0.2) is 5.69 Å². The van der Waals surface area contributed by atoms with E-state index in [4.69, 9.17) is 4.42 Å². The third-order valence-corrected chi connectivity index (χ3v) is 4.45. The molecule has 7 heteroatoms. The zero-order valence-corrected chi connectivity index (χ0v) is 14.0. The Bertz CT molecular complexity index is 1210. The van der Waals surface area contributed by atoms with E-state index in [9.17, 15) is 23.1 Å². The van der Waals surface area contributed by atoms with E-state index in [2.05, 4.69) is 4.98 Å². The molecule has 4 nitrogen and oxygen atoms in total. The van der Waals surface area contributed by atoms with Crippen molar-refractivity contribution in [1.82, 2.24) is 4.98 Å². The van der Waals surface area contributed by atoms with Gasteiger partial charge in [0.05, 0.1) is 0 Å². The average Bonchev–Trinajstić information content (AvgIpc) is 2.94. The van der Waals surface area contributed by atoms with Gasteiger partial charge in [0, 0.05) is 17.0 Å². The van der Waals surface area contributed by atoms with Gasteiger partial charge in [0.1, 0.15) is 16.9 Å². The topological polar surface area (TPSA) is 63.3 Å². The van der Waals surface area contributed by atoms with Crippen LogP contribution in [0.5, 0.6) is 0 Å². The molecule has 0 radical (unpaired) electrons. The molecule has 27 heavy (non-hydrogen) atoms. The normalized spacial score (nSPS) is 12.0. The van der Waals surface area contributed by atoms with E-state index >= 15 is 0 Å². The molecule has 2 aromatic heterocycles. The number of furan rings is 1. The van der Waals surface area contributed by atoms with Gasteiger partial charge >= 0.3 is 12.1 Å². The van der Waals surface area contributed by atoms with Gasteiger partial charge in [0.25, 0.3) is 0 Å². The van der Waals surface area contributed by atoms with Crippen LogP contribution in [0.3, 0.4) is 0 Å². The molecule has 0 saturated heterocycles. The number of benzene rings is 2.